The van der Waals surface area contributed by atoms with E-state index in [4.69, 9.17) is 18.9 Å². The average Bonchev–Trinajstić information content (AvgIpc) is 3.18. The van der Waals surface area contributed by atoms with Crippen LogP contribution in [0.2, 0.25) is 0 Å². The summed E-state index contributed by atoms with van der Waals surface area (Å²) >= 11 is 0. The third kappa shape index (κ3) is 5.33. The maximum Gasteiger partial charge on any atom is 0.509 e. The molecule has 1 unspecified atom stereocenters. The highest BCUT2D eigenvalue weighted by molar-refractivity contribution is 6.01. The lowest BCUT2D eigenvalue weighted by atomic mass is 9.46. The lowest BCUT2D eigenvalue weighted by Gasteiger charge is -2.59. The summed E-state index contributed by atoms with van der Waals surface area (Å²) in [5.74, 6) is -0.603. The standard InChI is InChI=1S/C31H44O9/c1-6-7-14-37-28(36)40-31(25(34)18-39-27(35)38-17-19(2)3)13-11-23-22-9-8-20-15-21(32)10-12-29(20,4)26(22)24(33)16-30(23,31)5/h10,12,15,19,22-24,26,33H,6-9,11,13-14,16-18H2,1-5H3/t22-,23-,24?,26+,29-,30-,31-/m0/s1. The highest BCUT2D eigenvalue weighted by atomic mass is 16.7. The van der Waals surface area contributed by atoms with E-state index in [2.05, 4.69) is 6.92 Å². The number of unbranched alkanes of at least 4 members (excludes halogenated alkanes) is 1. The Morgan fingerprint density at radius 2 is 1.85 bits per heavy atom. The second-order valence-corrected chi connectivity index (χ2v) is 12.8. The van der Waals surface area contributed by atoms with Crippen molar-refractivity contribution in [2.75, 3.05) is 19.8 Å². The second-order valence-electron chi connectivity index (χ2n) is 12.8. The van der Waals surface area contributed by atoms with Gasteiger partial charge in [0.2, 0.25) is 5.78 Å². The van der Waals surface area contributed by atoms with Gasteiger partial charge < -0.3 is 24.1 Å². The molecule has 0 heterocycles. The number of allylic oxidation sites excluding steroid dienone is 4. The first-order chi connectivity index (χ1) is 18.9. The molecule has 0 amide bonds. The minimum absolute atomic E-state index is 0.0338. The number of aliphatic hydroxyl groups is 1. The topological polar surface area (TPSA) is 125 Å². The number of hydrogen-bond donors (Lipinski definition) is 1. The molecule has 9 nitrogen and oxygen atoms in total. The van der Waals surface area contributed by atoms with Gasteiger partial charge in [-0.25, -0.2) is 9.59 Å². The molecule has 3 saturated carbocycles. The number of carbonyl (C=O) groups excluding carboxylic acids is 4. The van der Waals surface area contributed by atoms with Gasteiger partial charge in [-0.15, -0.1) is 0 Å². The van der Waals surface area contributed by atoms with Gasteiger partial charge in [0.1, 0.15) is 0 Å². The lowest BCUT2D eigenvalue weighted by molar-refractivity contribution is -0.184. The Morgan fingerprint density at radius 3 is 2.55 bits per heavy atom. The first kappa shape index (κ1) is 30.3. The zero-order chi connectivity index (χ0) is 29.3. The summed E-state index contributed by atoms with van der Waals surface area (Å²) in [7, 11) is 0. The molecule has 0 aromatic carbocycles. The predicted molar refractivity (Wildman–Crippen MR) is 145 cm³/mol. The van der Waals surface area contributed by atoms with Gasteiger partial charge in [0, 0.05) is 16.7 Å². The largest absolute Gasteiger partial charge is 0.509 e. The number of carbonyl (C=O) groups is 4. The van der Waals surface area contributed by atoms with Crippen molar-refractivity contribution in [3.8, 4) is 0 Å². The molecular formula is C31H44O9. The van der Waals surface area contributed by atoms with E-state index in [1.807, 2.05) is 33.8 Å². The van der Waals surface area contributed by atoms with Gasteiger partial charge in [-0.05, 0) is 68.4 Å². The molecule has 4 aliphatic rings. The normalized spacial score (nSPS) is 36.2. The van der Waals surface area contributed by atoms with E-state index < -0.39 is 47.2 Å². The third-order valence-corrected chi connectivity index (χ3v) is 9.90. The number of ether oxygens (including phenoxy) is 4. The molecule has 0 aliphatic heterocycles. The molecular weight excluding hydrogens is 516 g/mol. The number of fused-ring (bicyclic) bond motifs is 5. The molecule has 222 valence electrons. The molecule has 0 aromatic rings. The molecule has 4 rings (SSSR count). The zero-order valence-electron chi connectivity index (χ0n) is 24.4. The Labute approximate surface area is 236 Å². The van der Waals surface area contributed by atoms with Crippen LogP contribution >= 0.6 is 0 Å². The van der Waals surface area contributed by atoms with Crippen LogP contribution in [0, 0.1) is 34.5 Å². The Kier molecular flexibility index (Phi) is 8.83. The van der Waals surface area contributed by atoms with Gasteiger partial charge in [-0.1, -0.05) is 52.7 Å². The van der Waals surface area contributed by atoms with Crippen LogP contribution in [0.5, 0.6) is 0 Å². The van der Waals surface area contributed by atoms with Gasteiger partial charge in [0.05, 0.1) is 19.3 Å². The molecule has 0 radical (unpaired) electrons. The van der Waals surface area contributed by atoms with Crippen LogP contribution in [0.15, 0.2) is 23.8 Å². The molecule has 0 aromatic heterocycles. The van der Waals surface area contributed by atoms with Crippen LogP contribution < -0.4 is 0 Å². The van der Waals surface area contributed by atoms with Crippen molar-refractivity contribution < 1.29 is 43.2 Å². The van der Waals surface area contributed by atoms with Gasteiger partial charge in [-0.2, -0.15) is 0 Å². The van der Waals surface area contributed by atoms with Crippen molar-refractivity contribution in [1.29, 1.82) is 0 Å². The van der Waals surface area contributed by atoms with Crippen LogP contribution in [0.3, 0.4) is 0 Å². The summed E-state index contributed by atoms with van der Waals surface area (Å²) in [5.41, 5.74) is -1.96. The highest BCUT2D eigenvalue weighted by Crippen LogP contribution is 2.68. The minimum Gasteiger partial charge on any atom is -0.434 e. The second kappa shape index (κ2) is 11.7. The third-order valence-electron chi connectivity index (χ3n) is 9.90. The maximum absolute atomic E-state index is 13.9. The molecule has 40 heavy (non-hydrogen) atoms. The van der Waals surface area contributed by atoms with Gasteiger partial charge in [0.15, 0.2) is 18.0 Å². The first-order valence-corrected chi connectivity index (χ1v) is 14.7. The minimum atomic E-state index is -1.62. The van der Waals surface area contributed by atoms with Crippen molar-refractivity contribution >= 4 is 23.9 Å². The van der Waals surface area contributed by atoms with Crippen molar-refractivity contribution in [1.82, 2.24) is 0 Å². The van der Waals surface area contributed by atoms with Crippen molar-refractivity contribution in [3.63, 3.8) is 0 Å². The summed E-state index contributed by atoms with van der Waals surface area (Å²) in [6.07, 6.45) is 6.55. The Balaban J connectivity index is 1.62. The smallest absolute Gasteiger partial charge is 0.434 e. The van der Waals surface area contributed by atoms with Crippen molar-refractivity contribution in [2.24, 2.45) is 34.5 Å². The van der Waals surface area contributed by atoms with Crippen LogP contribution in [0.1, 0.15) is 79.6 Å². The maximum atomic E-state index is 13.9. The number of ketones is 2. The monoisotopic (exact) mass is 560 g/mol. The number of Topliss-reactive ketones (excluding diaryl/α,β-unsaturated/α-hetero) is 1. The number of aliphatic hydroxyl groups excluding tert-OH is 1. The predicted octanol–water partition coefficient (Wildman–Crippen LogP) is 5.34. The van der Waals surface area contributed by atoms with Crippen LogP contribution in [0.4, 0.5) is 9.59 Å². The Hall–Kier alpha value is -2.68. The van der Waals surface area contributed by atoms with E-state index in [0.29, 0.717) is 12.8 Å². The molecule has 0 bridgehead atoms. The van der Waals surface area contributed by atoms with E-state index >= 15 is 0 Å². The molecule has 0 saturated heterocycles. The molecule has 3 fully saturated rings. The molecule has 0 spiro atoms. The summed E-state index contributed by atoms with van der Waals surface area (Å²) in [5, 5.41) is 11.7. The number of rotatable bonds is 9. The Bertz CT molecular complexity index is 1080. The zero-order valence-corrected chi connectivity index (χ0v) is 24.4. The quantitative estimate of drug-likeness (QED) is 0.294. The van der Waals surface area contributed by atoms with E-state index in [9.17, 15) is 24.3 Å². The van der Waals surface area contributed by atoms with Gasteiger partial charge in [0.25, 0.3) is 0 Å². The fourth-order valence-corrected chi connectivity index (χ4v) is 7.99. The highest BCUT2D eigenvalue weighted by Gasteiger charge is 2.70. The van der Waals surface area contributed by atoms with E-state index in [1.54, 1.807) is 12.2 Å². The Morgan fingerprint density at radius 1 is 1.10 bits per heavy atom. The van der Waals surface area contributed by atoms with Crippen molar-refractivity contribution in [3.05, 3.63) is 23.8 Å². The van der Waals surface area contributed by atoms with Crippen LogP contribution in [0.25, 0.3) is 0 Å². The fraction of sp³-hybridized carbons (Fsp3) is 0.742. The lowest BCUT2D eigenvalue weighted by Crippen LogP contribution is -2.63. The first-order valence-electron chi connectivity index (χ1n) is 14.7. The van der Waals surface area contributed by atoms with E-state index in [1.165, 1.54) is 0 Å². The van der Waals surface area contributed by atoms with Crippen molar-refractivity contribution in [2.45, 2.75) is 91.3 Å². The molecule has 1 N–H and O–H groups in total. The number of hydrogen-bond acceptors (Lipinski definition) is 9. The SMILES string of the molecule is CCCCOC(=O)O[C@]1(C(=O)COC(=O)OCC(C)C)CC[C@H]2[C@@H]3CCC4=CC(=O)C=C[C@]4(C)[C@H]3C(O)C[C@@]21C. The molecule has 7 atom stereocenters. The summed E-state index contributed by atoms with van der Waals surface area (Å²) in [6.45, 7) is 9.45. The van der Waals surface area contributed by atoms with Crippen LogP contribution in [-0.4, -0.2) is 60.5 Å². The summed E-state index contributed by atoms with van der Waals surface area (Å²) < 4.78 is 21.5. The molecule has 9 heteroatoms. The van der Waals surface area contributed by atoms with E-state index in [-0.39, 0.29) is 55.5 Å². The fourth-order valence-electron chi connectivity index (χ4n) is 7.99. The summed E-state index contributed by atoms with van der Waals surface area (Å²) in [6, 6.07) is 0. The van der Waals surface area contributed by atoms with Gasteiger partial charge >= 0.3 is 12.3 Å². The molecule has 4 aliphatic carbocycles. The average molecular weight is 561 g/mol. The van der Waals surface area contributed by atoms with Crippen LogP contribution in [-0.2, 0) is 28.5 Å². The van der Waals surface area contributed by atoms with Gasteiger partial charge in [-0.3, -0.25) is 9.59 Å². The summed E-state index contributed by atoms with van der Waals surface area (Å²) in [4.78, 5) is 51.1. The van der Waals surface area contributed by atoms with E-state index in [0.717, 1.165) is 24.8 Å².